The molecule has 0 saturated carbocycles. The first-order valence-corrected chi connectivity index (χ1v) is 9.03. The minimum atomic E-state index is 0.0837. The number of nitrogens with zero attached hydrogens (tertiary/aromatic N) is 1. The average Bonchev–Trinajstić information content (AvgIpc) is 2.73. The van der Waals surface area contributed by atoms with Crippen molar-refractivity contribution in [3.8, 4) is 5.75 Å². The van der Waals surface area contributed by atoms with Crippen molar-refractivity contribution < 1.29 is 9.53 Å². The predicted octanol–water partition coefficient (Wildman–Crippen LogP) is 4.73. The van der Waals surface area contributed by atoms with Gasteiger partial charge < -0.3 is 15.0 Å². The number of carbonyl (C=O) groups is 1. The third kappa shape index (κ3) is 5.35. The second-order valence-corrected chi connectivity index (χ2v) is 6.21. The zero-order valence-corrected chi connectivity index (χ0v) is 15.5. The zero-order chi connectivity index (χ0) is 18.9. The fourth-order valence-electron chi connectivity index (χ4n) is 2.88. The number of rotatable bonds is 8. The van der Waals surface area contributed by atoms with Crippen molar-refractivity contribution in [1.82, 2.24) is 0 Å². The molecule has 0 saturated heterocycles. The third-order valence-corrected chi connectivity index (χ3v) is 4.29. The van der Waals surface area contributed by atoms with Gasteiger partial charge >= 0.3 is 0 Å². The number of nitrogens with one attached hydrogen (secondary N) is 1. The quantitative estimate of drug-likeness (QED) is 0.631. The lowest BCUT2D eigenvalue weighted by Gasteiger charge is -2.23. The molecular weight excluding hydrogens is 336 g/mol. The van der Waals surface area contributed by atoms with E-state index in [1.165, 1.54) is 0 Å². The Hall–Kier alpha value is -3.27. The van der Waals surface area contributed by atoms with Gasteiger partial charge in [0.1, 0.15) is 5.75 Å². The maximum atomic E-state index is 12.9. The maximum absolute atomic E-state index is 12.9. The topological polar surface area (TPSA) is 41.6 Å². The molecule has 0 atom stereocenters. The van der Waals surface area contributed by atoms with Gasteiger partial charge in [0.15, 0.2) is 0 Å². The molecule has 1 N–H and O–H groups in total. The Morgan fingerprint density at radius 2 is 1.63 bits per heavy atom. The minimum Gasteiger partial charge on any atom is -0.497 e. The summed E-state index contributed by atoms with van der Waals surface area (Å²) >= 11 is 0. The Balaban J connectivity index is 1.65. The summed E-state index contributed by atoms with van der Waals surface area (Å²) in [5, 5.41) is 3.29. The van der Waals surface area contributed by atoms with Gasteiger partial charge in [0.2, 0.25) is 5.91 Å². The summed E-state index contributed by atoms with van der Waals surface area (Å²) in [6.07, 6.45) is 0.402. The van der Waals surface area contributed by atoms with Crippen LogP contribution in [0, 0.1) is 0 Å². The molecule has 1 amide bonds. The van der Waals surface area contributed by atoms with E-state index in [4.69, 9.17) is 4.74 Å². The summed E-state index contributed by atoms with van der Waals surface area (Å²) in [5.74, 6) is 0.877. The van der Waals surface area contributed by atoms with Crippen LogP contribution in [0.4, 0.5) is 11.4 Å². The fraction of sp³-hybridized carbons (Fsp3) is 0.174. The van der Waals surface area contributed by atoms with Crippen molar-refractivity contribution in [2.75, 3.05) is 23.9 Å². The molecule has 138 valence electrons. The molecule has 3 aromatic carbocycles. The van der Waals surface area contributed by atoms with Crippen LogP contribution in [0.3, 0.4) is 0 Å². The Morgan fingerprint density at radius 3 is 2.33 bits per heavy atom. The van der Waals surface area contributed by atoms with E-state index < -0.39 is 0 Å². The molecule has 4 heteroatoms. The highest BCUT2D eigenvalue weighted by molar-refractivity contribution is 5.93. The van der Waals surface area contributed by atoms with Crippen LogP contribution in [0.1, 0.15) is 12.0 Å². The van der Waals surface area contributed by atoms with E-state index in [9.17, 15) is 4.79 Å². The predicted molar refractivity (Wildman–Crippen MR) is 110 cm³/mol. The lowest BCUT2D eigenvalue weighted by Crippen LogP contribution is -2.31. The van der Waals surface area contributed by atoms with E-state index in [-0.39, 0.29) is 5.91 Å². The molecule has 0 radical (unpaired) electrons. The smallest absolute Gasteiger partial charge is 0.229 e. The summed E-state index contributed by atoms with van der Waals surface area (Å²) in [7, 11) is 1.64. The Kier molecular flexibility index (Phi) is 6.47. The highest BCUT2D eigenvalue weighted by atomic mass is 16.5. The van der Waals surface area contributed by atoms with Gasteiger partial charge in [-0.25, -0.2) is 0 Å². The fourth-order valence-corrected chi connectivity index (χ4v) is 2.88. The van der Waals surface area contributed by atoms with E-state index in [1.54, 1.807) is 7.11 Å². The first-order chi connectivity index (χ1) is 13.3. The van der Waals surface area contributed by atoms with E-state index in [0.29, 0.717) is 19.5 Å². The normalized spacial score (nSPS) is 10.3. The Morgan fingerprint density at radius 1 is 0.926 bits per heavy atom. The number of amides is 1. The van der Waals surface area contributed by atoms with Gasteiger partial charge in [-0.2, -0.15) is 0 Å². The SMILES string of the molecule is COc1cccc(NCCC(=O)N(Cc2ccccc2)c2ccccc2)c1. The average molecular weight is 360 g/mol. The van der Waals surface area contributed by atoms with Gasteiger partial charge in [0, 0.05) is 30.4 Å². The third-order valence-electron chi connectivity index (χ3n) is 4.29. The molecule has 0 heterocycles. The van der Waals surface area contributed by atoms with Gasteiger partial charge in [-0.15, -0.1) is 0 Å². The second kappa shape index (κ2) is 9.43. The van der Waals surface area contributed by atoms with Gasteiger partial charge in [0.25, 0.3) is 0 Å². The molecule has 27 heavy (non-hydrogen) atoms. The van der Waals surface area contributed by atoms with Gasteiger partial charge in [-0.3, -0.25) is 4.79 Å². The molecule has 0 aliphatic heterocycles. The zero-order valence-electron chi connectivity index (χ0n) is 15.5. The van der Waals surface area contributed by atoms with Crippen LogP contribution in [0.15, 0.2) is 84.9 Å². The lowest BCUT2D eigenvalue weighted by atomic mass is 10.2. The summed E-state index contributed by atoms with van der Waals surface area (Å²) in [5.41, 5.74) is 2.96. The number of para-hydroxylation sites is 1. The summed E-state index contributed by atoms with van der Waals surface area (Å²) in [4.78, 5) is 14.8. The van der Waals surface area contributed by atoms with Crippen LogP contribution in [0.25, 0.3) is 0 Å². The number of benzene rings is 3. The molecule has 0 aliphatic carbocycles. The van der Waals surface area contributed by atoms with E-state index in [2.05, 4.69) is 5.32 Å². The van der Waals surface area contributed by atoms with Crippen molar-refractivity contribution in [2.45, 2.75) is 13.0 Å². The summed E-state index contributed by atoms with van der Waals surface area (Å²) in [6.45, 7) is 1.12. The van der Waals surface area contributed by atoms with Gasteiger partial charge in [-0.1, -0.05) is 54.6 Å². The summed E-state index contributed by atoms with van der Waals surface area (Å²) in [6, 6.07) is 27.6. The van der Waals surface area contributed by atoms with Crippen LogP contribution < -0.4 is 15.0 Å². The number of hydrogen-bond donors (Lipinski definition) is 1. The standard InChI is InChI=1S/C23H24N2O2/c1-27-22-14-8-11-20(17-22)24-16-15-23(26)25(21-12-6-3-7-13-21)18-19-9-4-2-5-10-19/h2-14,17,24H,15-16,18H2,1H3. The van der Waals surface area contributed by atoms with Crippen molar-refractivity contribution >= 4 is 17.3 Å². The van der Waals surface area contributed by atoms with Crippen LogP contribution in [0.2, 0.25) is 0 Å². The highest BCUT2D eigenvalue weighted by Gasteiger charge is 2.15. The molecule has 0 bridgehead atoms. The molecular formula is C23H24N2O2. The first-order valence-electron chi connectivity index (χ1n) is 9.03. The van der Waals surface area contributed by atoms with Gasteiger partial charge in [0.05, 0.1) is 13.7 Å². The molecule has 0 aliphatic rings. The largest absolute Gasteiger partial charge is 0.497 e. The monoisotopic (exact) mass is 360 g/mol. The van der Waals surface area contributed by atoms with E-state index in [1.807, 2.05) is 89.8 Å². The second-order valence-electron chi connectivity index (χ2n) is 6.21. The minimum absolute atomic E-state index is 0.0837. The number of hydrogen-bond acceptors (Lipinski definition) is 3. The van der Waals surface area contributed by atoms with Crippen LogP contribution in [-0.2, 0) is 11.3 Å². The van der Waals surface area contributed by atoms with Crippen molar-refractivity contribution in [2.24, 2.45) is 0 Å². The maximum Gasteiger partial charge on any atom is 0.229 e. The molecule has 3 aromatic rings. The number of ether oxygens (including phenoxy) is 1. The highest BCUT2D eigenvalue weighted by Crippen LogP contribution is 2.19. The molecule has 0 spiro atoms. The van der Waals surface area contributed by atoms with E-state index in [0.717, 1.165) is 22.7 Å². The number of anilines is 2. The molecule has 0 aromatic heterocycles. The van der Waals surface area contributed by atoms with Crippen LogP contribution in [0.5, 0.6) is 5.75 Å². The van der Waals surface area contributed by atoms with Crippen molar-refractivity contribution in [3.63, 3.8) is 0 Å². The van der Waals surface area contributed by atoms with Crippen LogP contribution in [-0.4, -0.2) is 19.6 Å². The molecule has 0 fully saturated rings. The summed E-state index contributed by atoms with van der Waals surface area (Å²) < 4.78 is 5.23. The van der Waals surface area contributed by atoms with E-state index >= 15 is 0 Å². The first kappa shape index (κ1) is 18.5. The Bertz CT molecular complexity index is 851. The van der Waals surface area contributed by atoms with Gasteiger partial charge in [-0.05, 0) is 29.8 Å². The molecule has 3 rings (SSSR count). The lowest BCUT2D eigenvalue weighted by molar-refractivity contribution is -0.118. The Labute approximate surface area is 160 Å². The number of methoxy groups -OCH3 is 1. The van der Waals surface area contributed by atoms with Crippen molar-refractivity contribution in [1.29, 1.82) is 0 Å². The van der Waals surface area contributed by atoms with Crippen LogP contribution >= 0.6 is 0 Å². The molecule has 0 unspecified atom stereocenters. The van der Waals surface area contributed by atoms with Crippen molar-refractivity contribution in [3.05, 3.63) is 90.5 Å². The number of carbonyl (C=O) groups excluding carboxylic acids is 1. The molecule has 4 nitrogen and oxygen atoms in total.